The van der Waals surface area contributed by atoms with E-state index in [-0.39, 0.29) is 39.9 Å². The van der Waals surface area contributed by atoms with Crippen molar-refractivity contribution in [2.45, 2.75) is 142 Å². The number of nitrogens with zero attached hydrogens (tertiary/aromatic N) is 1. The topological polar surface area (TPSA) is 61.4 Å². The average molecular weight is 464 g/mol. The number of rotatable bonds is 12. The molecule has 2 N–H and O–H groups in total. The smallest absolute Gasteiger partial charge is 0.225 e. The summed E-state index contributed by atoms with van der Waals surface area (Å²) in [4.78, 5) is 27.8. The maximum atomic E-state index is 12.8. The maximum Gasteiger partial charge on any atom is 0.225 e. The molecule has 0 aliphatic carbocycles. The van der Waals surface area contributed by atoms with Crippen molar-refractivity contribution in [3.05, 3.63) is 0 Å². The summed E-state index contributed by atoms with van der Waals surface area (Å²) in [6, 6.07) is 0. The fourth-order valence-corrected chi connectivity index (χ4v) is 6.42. The molecule has 0 spiro atoms. The molecule has 2 rings (SSSR count). The van der Waals surface area contributed by atoms with Crippen LogP contribution in [0.3, 0.4) is 0 Å². The molecule has 5 heteroatoms. The highest BCUT2D eigenvalue weighted by Crippen LogP contribution is 2.43. The van der Waals surface area contributed by atoms with Gasteiger partial charge in [-0.1, -0.05) is 32.1 Å². The van der Waals surface area contributed by atoms with Crippen LogP contribution in [0.1, 0.15) is 120 Å². The number of carbonyl (C=O) groups is 2. The van der Waals surface area contributed by atoms with Crippen LogP contribution < -0.4 is 10.6 Å². The van der Waals surface area contributed by atoms with Crippen LogP contribution in [0.25, 0.3) is 0 Å². The van der Waals surface area contributed by atoms with Crippen molar-refractivity contribution in [2.75, 3.05) is 13.6 Å². The van der Waals surface area contributed by atoms with Gasteiger partial charge in [-0.3, -0.25) is 14.5 Å². The summed E-state index contributed by atoms with van der Waals surface area (Å²) in [5, 5.41) is 6.81. The molecular weight excluding hydrogens is 410 g/mol. The Morgan fingerprint density at radius 3 is 1.85 bits per heavy atom. The number of likely N-dealkylation sites (tertiary alicyclic amines) is 1. The summed E-state index contributed by atoms with van der Waals surface area (Å²) >= 11 is 0. The first-order chi connectivity index (χ1) is 15.1. The van der Waals surface area contributed by atoms with Gasteiger partial charge < -0.3 is 10.6 Å². The minimum atomic E-state index is -0.102. The summed E-state index contributed by atoms with van der Waals surface area (Å²) in [6.07, 6.45) is 10.6. The second-order valence-electron chi connectivity index (χ2n) is 13.3. The number of Topliss-reactive ketones (excluding diaryl/α,β-unsaturated/α-hetero) is 1. The molecule has 33 heavy (non-hydrogen) atoms. The highest BCUT2D eigenvalue weighted by molar-refractivity contribution is 5.83. The van der Waals surface area contributed by atoms with Crippen molar-refractivity contribution in [1.82, 2.24) is 15.5 Å². The van der Waals surface area contributed by atoms with E-state index in [2.05, 4.69) is 78.0 Å². The molecule has 0 bridgehead atoms. The molecule has 5 nitrogen and oxygen atoms in total. The fraction of sp³-hybridized carbons (Fsp3) is 0.929. The third kappa shape index (κ3) is 7.27. The van der Waals surface area contributed by atoms with Crippen molar-refractivity contribution in [3.8, 4) is 0 Å². The van der Waals surface area contributed by atoms with Gasteiger partial charge in [0, 0.05) is 41.0 Å². The van der Waals surface area contributed by atoms with Crippen molar-refractivity contribution in [1.29, 1.82) is 0 Å². The van der Waals surface area contributed by atoms with Gasteiger partial charge in [-0.2, -0.15) is 0 Å². The zero-order chi connectivity index (χ0) is 25.1. The summed E-state index contributed by atoms with van der Waals surface area (Å²) in [6.45, 7) is 18.3. The molecule has 2 heterocycles. The second kappa shape index (κ2) is 10.8. The highest BCUT2D eigenvalue weighted by atomic mass is 16.2. The molecule has 0 saturated carbocycles. The molecule has 192 valence electrons. The Morgan fingerprint density at radius 2 is 1.36 bits per heavy atom. The predicted octanol–water partition coefficient (Wildman–Crippen LogP) is 5.47. The quantitative estimate of drug-likeness (QED) is 0.377. The first-order valence-electron chi connectivity index (χ1n) is 13.4. The van der Waals surface area contributed by atoms with Crippen LogP contribution in [0.2, 0.25) is 0 Å². The zero-order valence-corrected chi connectivity index (χ0v) is 23.2. The van der Waals surface area contributed by atoms with E-state index < -0.39 is 0 Å². The predicted molar refractivity (Wildman–Crippen MR) is 138 cm³/mol. The number of hydrogen-bond donors (Lipinski definition) is 2. The largest absolute Gasteiger partial charge is 0.356 e. The van der Waals surface area contributed by atoms with Crippen molar-refractivity contribution < 1.29 is 9.59 Å². The first kappa shape index (κ1) is 28.3. The fourth-order valence-electron chi connectivity index (χ4n) is 6.42. The maximum absolute atomic E-state index is 12.8. The molecule has 2 saturated heterocycles. The lowest BCUT2D eigenvalue weighted by Crippen LogP contribution is -2.49. The van der Waals surface area contributed by atoms with Gasteiger partial charge in [0.05, 0.1) is 5.92 Å². The molecule has 0 aromatic carbocycles. The van der Waals surface area contributed by atoms with E-state index in [4.69, 9.17) is 0 Å². The van der Waals surface area contributed by atoms with Gasteiger partial charge in [0.2, 0.25) is 5.91 Å². The van der Waals surface area contributed by atoms with Crippen LogP contribution in [0, 0.1) is 11.8 Å². The molecule has 2 atom stereocenters. The molecule has 0 radical (unpaired) electrons. The lowest BCUT2D eigenvalue weighted by molar-refractivity contribution is -0.127. The van der Waals surface area contributed by atoms with E-state index in [1.807, 2.05) is 0 Å². The Bertz CT molecular complexity index is 681. The molecule has 1 amide bonds. The van der Waals surface area contributed by atoms with Gasteiger partial charge in [-0.05, 0) is 88.1 Å². The number of unbranched alkanes of at least 4 members (excludes halogenated alkanes) is 6. The Morgan fingerprint density at radius 1 is 0.818 bits per heavy atom. The number of hydrogen-bond acceptors (Lipinski definition) is 4. The monoisotopic (exact) mass is 463 g/mol. The molecule has 0 aromatic rings. The lowest BCUT2D eigenvalue weighted by Gasteiger charge is -2.38. The van der Waals surface area contributed by atoms with Gasteiger partial charge in [0.15, 0.2) is 0 Å². The Labute approximate surface area is 204 Å². The summed E-state index contributed by atoms with van der Waals surface area (Å²) in [5.41, 5.74) is -0.0642. The van der Waals surface area contributed by atoms with Crippen molar-refractivity contribution >= 4 is 11.7 Å². The third-order valence-electron chi connectivity index (χ3n) is 8.68. The summed E-state index contributed by atoms with van der Waals surface area (Å²) in [7, 11) is 2.14. The molecule has 2 aliphatic rings. The Hall–Kier alpha value is -0.940. The van der Waals surface area contributed by atoms with E-state index in [1.165, 1.54) is 19.3 Å². The molecule has 0 aromatic heterocycles. The van der Waals surface area contributed by atoms with E-state index >= 15 is 0 Å². The van der Waals surface area contributed by atoms with Crippen molar-refractivity contribution in [3.63, 3.8) is 0 Å². The minimum Gasteiger partial charge on any atom is -0.356 e. The van der Waals surface area contributed by atoms with E-state index in [0.29, 0.717) is 5.78 Å². The minimum absolute atomic E-state index is 0.0527. The SMILES string of the molecule is CN1C(C)(C)CC(C(=O)NCCCCCCCCCC(=O)C2CC(C)(C)NC2(C)C)C1(C)C. The first-order valence-corrected chi connectivity index (χ1v) is 13.4. The van der Waals surface area contributed by atoms with E-state index in [1.54, 1.807) is 0 Å². The van der Waals surface area contributed by atoms with Crippen LogP contribution in [0.15, 0.2) is 0 Å². The van der Waals surface area contributed by atoms with Gasteiger partial charge in [-0.25, -0.2) is 0 Å². The van der Waals surface area contributed by atoms with Gasteiger partial charge in [0.25, 0.3) is 0 Å². The Kier molecular flexibility index (Phi) is 9.23. The molecule has 2 unspecified atom stereocenters. The van der Waals surface area contributed by atoms with Gasteiger partial charge in [0.1, 0.15) is 5.78 Å². The lowest BCUT2D eigenvalue weighted by atomic mass is 9.82. The normalized spacial score (nSPS) is 27.5. The van der Waals surface area contributed by atoms with E-state index in [0.717, 1.165) is 51.5 Å². The number of ketones is 1. The molecular formula is C28H53N3O2. The van der Waals surface area contributed by atoms with Crippen LogP contribution in [-0.4, -0.2) is 52.3 Å². The van der Waals surface area contributed by atoms with Crippen LogP contribution in [-0.2, 0) is 9.59 Å². The average Bonchev–Trinajstić information content (AvgIpc) is 3.02. The van der Waals surface area contributed by atoms with Gasteiger partial charge >= 0.3 is 0 Å². The second-order valence-corrected chi connectivity index (χ2v) is 13.3. The zero-order valence-electron chi connectivity index (χ0n) is 23.2. The third-order valence-corrected chi connectivity index (χ3v) is 8.68. The standard InChI is InChI=1S/C28H53N3O2/c1-25(2)19-21(27(5,6)30-25)23(32)17-15-13-11-10-12-14-16-18-29-24(33)22-20-26(3,4)31(9)28(22,7)8/h21-22,30H,10-20H2,1-9H3,(H,29,33). The van der Waals surface area contributed by atoms with E-state index in [9.17, 15) is 9.59 Å². The highest BCUT2D eigenvalue weighted by Gasteiger charge is 2.52. The van der Waals surface area contributed by atoms with Crippen molar-refractivity contribution in [2.24, 2.45) is 11.8 Å². The van der Waals surface area contributed by atoms with Crippen LogP contribution in [0.5, 0.6) is 0 Å². The number of nitrogens with one attached hydrogen (secondary N) is 2. The van der Waals surface area contributed by atoms with Gasteiger partial charge in [-0.15, -0.1) is 0 Å². The number of amides is 1. The molecule has 2 aliphatic heterocycles. The van der Waals surface area contributed by atoms with Crippen LogP contribution >= 0.6 is 0 Å². The Balaban J connectivity index is 1.52. The summed E-state index contributed by atoms with van der Waals surface area (Å²) in [5.74, 6) is 0.848. The number of carbonyl (C=O) groups excluding carboxylic acids is 2. The molecule has 2 fully saturated rings. The van der Waals surface area contributed by atoms with Crippen LogP contribution in [0.4, 0.5) is 0 Å². The summed E-state index contributed by atoms with van der Waals surface area (Å²) < 4.78 is 0.